The van der Waals surface area contributed by atoms with Crippen molar-refractivity contribution in [2.24, 2.45) is 5.92 Å². The van der Waals surface area contributed by atoms with E-state index in [4.69, 9.17) is 4.52 Å². The molecule has 1 aromatic rings. The van der Waals surface area contributed by atoms with Crippen LogP contribution in [-0.2, 0) is 11.2 Å². The van der Waals surface area contributed by atoms with Crippen molar-refractivity contribution in [3.8, 4) is 0 Å². The molecule has 1 aliphatic heterocycles. The van der Waals surface area contributed by atoms with Crippen molar-refractivity contribution in [2.45, 2.75) is 55.9 Å². The molecule has 0 aromatic carbocycles. The van der Waals surface area contributed by atoms with Crippen molar-refractivity contribution in [1.82, 2.24) is 10.1 Å². The molecule has 0 radical (unpaired) electrons. The van der Waals surface area contributed by atoms with E-state index >= 15 is 0 Å². The Morgan fingerprint density at radius 2 is 2.14 bits per heavy atom. The Morgan fingerprint density at radius 3 is 2.95 bits per heavy atom. The van der Waals surface area contributed by atoms with E-state index in [-0.39, 0.29) is 5.92 Å². The Bertz CT molecular complexity index is 492. The van der Waals surface area contributed by atoms with Crippen molar-refractivity contribution in [3.05, 3.63) is 11.7 Å². The van der Waals surface area contributed by atoms with Gasteiger partial charge in [-0.05, 0) is 19.3 Å². The second-order valence-corrected chi connectivity index (χ2v) is 8.36. The first kappa shape index (κ1) is 15.4. The van der Waals surface area contributed by atoms with Gasteiger partial charge in [0.2, 0.25) is 5.89 Å². The average Bonchev–Trinajstić information content (AvgIpc) is 2.98. The summed E-state index contributed by atoms with van der Waals surface area (Å²) in [6.45, 7) is 2.22. The lowest BCUT2D eigenvalue weighted by Gasteiger charge is -2.27. The van der Waals surface area contributed by atoms with E-state index in [2.05, 4.69) is 17.1 Å². The number of thioether (sulfide) groups is 2. The highest BCUT2D eigenvalue weighted by atomic mass is 32.2. The third-order valence-electron chi connectivity index (χ3n) is 4.29. The molecule has 1 saturated carbocycles. The number of hydrogen-bond acceptors (Lipinski definition) is 6. The summed E-state index contributed by atoms with van der Waals surface area (Å²) in [5.74, 6) is 4.31. The van der Waals surface area contributed by atoms with Gasteiger partial charge in [-0.15, -0.1) is 11.8 Å². The average molecular weight is 326 g/mol. The number of carbonyl (C=O) groups is 1. The van der Waals surface area contributed by atoms with Crippen LogP contribution in [0.2, 0.25) is 0 Å². The van der Waals surface area contributed by atoms with Crippen LogP contribution in [0.4, 0.5) is 0 Å². The Balaban J connectivity index is 1.66. The molecule has 2 aliphatic rings. The molecule has 2 fully saturated rings. The van der Waals surface area contributed by atoms with Gasteiger partial charge in [0.25, 0.3) is 0 Å². The minimum Gasteiger partial charge on any atom is -0.339 e. The predicted octanol–water partition coefficient (Wildman–Crippen LogP) is 3.67. The zero-order chi connectivity index (χ0) is 14.7. The molecular weight excluding hydrogens is 304 g/mol. The Labute approximate surface area is 134 Å². The third kappa shape index (κ3) is 3.65. The first-order chi connectivity index (χ1) is 10.3. The minimum atomic E-state index is 0.0994. The normalized spacial score (nSPS) is 30.5. The molecule has 21 heavy (non-hydrogen) atoms. The Morgan fingerprint density at radius 1 is 1.29 bits per heavy atom. The van der Waals surface area contributed by atoms with Gasteiger partial charge in [-0.2, -0.15) is 16.7 Å². The molecule has 1 aliphatic carbocycles. The van der Waals surface area contributed by atoms with E-state index in [0.29, 0.717) is 28.6 Å². The third-order valence-corrected chi connectivity index (χ3v) is 7.54. The summed E-state index contributed by atoms with van der Waals surface area (Å²) >= 11 is 3.95. The molecule has 3 atom stereocenters. The fraction of sp³-hybridized carbons (Fsp3) is 0.800. The number of Topliss-reactive ketones (excluding diaryl/α,β-unsaturated/α-hetero) is 1. The van der Waals surface area contributed by atoms with E-state index in [0.717, 1.165) is 43.7 Å². The highest BCUT2D eigenvalue weighted by Crippen LogP contribution is 2.42. The first-order valence-electron chi connectivity index (χ1n) is 7.86. The summed E-state index contributed by atoms with van der Waals surface area (Å²) < 4.78 is 5.43. The second-order valence-electron chi connectivity index (χ2n) is 5.77. The van der Waals surface area contributed by atoms with Gasteiger partial charge >= 0.3 is 0 Å². The van der Waals surface area contributed by atoms with Crippen LogP contribution in [0.15, 0.2) is 4.52 Å². The van der Waals surface area contributed by atoms with Gasteiger partial charge in [0, 0.05) is 35.5 Å². The molecule has 3 rings (SSSR count). The highest BCUT2D eigenvalue weighted by Gasteiger charge is 2.31. The van der Waals surface area contributed by atoms with Crippen LogP contribution in [0.1, 0.15) is 56.0 Å². The zero-order valence-corrected chi connectivity index (χ0v) is 14.0. The quantitative estimate of drug-likeness (QED) is 0.841. The van der Waals surface area contributed by atoms with Crippen LogP contribution in [0.3, 0.4) is 0 Å². The van der Waals surface area contributed by atoms with Crippen molar-refractivity contribution < 1.29 is 9.32 Å². The van der Waals surface area contributed by atoms with Gasteiger partial charge in [-0.25, -0.2) is 0 Å². The fourth-order valence-corrected chi connectivity index (χ4v) is 6.07. The maximum atomic E-state index is 11.9. The van der Waals surface area contributed by atoms with Crippen LogP contribution < -0.4 is 0 Å². The molecule has 1 saturated heterocycles. The van der Waals surface area contributed by atoms with Gasteiger partial charge in [-0.3, -0.25) is 4.79 Å². The van der Waals surface area contributed by atoms with Crippen molar-refractivity contribution in [3.63, 3.8) is 0 Å². The molecule has 3 unspecified atom stereocenters. The first-order valence-corrected chi connectivity index (χ1v) is 9.96. The summed E-state index contributed by atoms with van der Waals surface area (Å²) in [6, 6.07) is 0. The van der Waals surface area contributed by atoms with Gasteiger partial charge in [-0.1, -0.05) is 18.5 Å². The summed E-state index contributed by atoms with van der Waals surface area (Å²) in [5.41, 5.74) is 0. The minimum absolute atomic E-state index is 0.0994. The lowest BCUT2D eigenvalue weighted by Crippen LogP contribution is -2.21. The largest absolute Gasteiger partial charge is 0.339 e. The zero-order valence-electron chi connectivity index (χ0n) is 12.4. The molecule has 0 bridgehead atoms. The topological polar surface area (TPSA) is 56.0 Å². The van der Waals surface area contributed by atoms with Gasteiger partial charge in [0.05, 0.1) is 5.25 Å². The number of nitrogens with zero attached hydrogens (tertiary/aromatic N) is 2. The maximum Gasteiger partial charge on any atom is 0.227 e. The Hall–Kier alpha value is -0.490. The SMILES string of the molecule is CCC1SCCSC1c1noc(CC2CCCCC2=O)n1. The monoisotopic (exact) mass is 326 g/mol. The van der Waals surface area contributed by atoms with Gasteiger partial charge < -0.3 is 4.52 Å². The van der Waals surface area contributed by atoms with Crippen LogP contribution >= 0.6 is 23.5 Å². The van der Waals surface area contributed by atoms with Crippen LogP contribution in [0.25, 0.3) is 0 Å². The maximum absolute atomic E-state index is 11.9. The van der Waals surface area contributed by atoms with E-state index < -0.39 is 0 Å². The smallest absolute Gasteiger partial charge is 0.227 e. The van der Waals surface area contributed by atoms with E-state index in [1.54, 1.807) is 0 Å². The number of ketones is 1. The van der Waals surface area contributed by atoms with Gasteiger partial charge in [0.15, 0.2) is 5.82 Å². The predicted molar refractivity (Wildman–Crippen MR) is 86.7 cm³/mol. The number of aromatic nitrogens is 2. The van der Waals surface area contributed by atoms with Gasteiger partial charge in [0.1, 0.15) is 5.78 Å². The highest BCUT2D eigenvalue weighted by molar-refractivity contribution is 8.06. The van der Waals surface area contributed by atoms with E-state index in [9.17, 15) is 4.79 Å². The number of rotatable bonds is 4. The molecule has 2 heterocycles. The lowest BCUT2D eigenvalue weighted by molar-refractivity contribution is -0.124. The molecule has 6 heteroatoms. The van der Waals surface area contributed by atoms with Crippen molar-refractivity contribution >= 4 is 29.3 Å². The van der Waals surface area contributed by atoms with E-state index in [1.165, 1.54) is 5.75 Å². The van der Waals surface area contributed by atoms with E-state index in [1.807, 2.05) is 23.5 Å². The number of carbonyl (C=O) groups excluding carboxylic acids is 1. The molecule has 0 N–H and O–H groups in total. The summed E-state index contributed by atoms with van der Waals surface area (Å²) in [5, 5.41) is 5.11. The van der Waals surface area contributed by atoms with Crippen molar-refractivity contribution in [2.75, 3.05) is 11.5 Å². The molecule has 1 aromatic heterocycles. The summed E-state index contributed by atoms with van der Waals surface area (Å²) in [6.07, 6.45) is 5.64. The lowest BCUT2D eigenvalue weighted by atomic mass is 9.86. The Kier molecular flexibility index (Phi) is 5.27. The van der Waals surface area contributed by atoms with Crippen LogP contribution in [0.5, 0.6) is 0 Å². The molecule has 116 valence electrons. The molecular formula is C15H22N2O2S2. The molecule has 4 nitrogen and oxygen atoms in total. The summed E-state index contributed by atoms with van der Waals surface area (Å²) in [7, 11) is 0. The second kappa shape index (κ2) is 7.18. The summed E-state index contributed by atoms with van der Waals surface area (Å²) in [4.78, 5) is 16.5. The van der Waals surface area contributed by atoms with Crippen LogP contribution in [0, 0.1) is 5.92 Å². The number of hydrogen-bond donors (Lipinski definition) is 0. The fourth-order valence-electron chi connectivity index (χ4n) is 3.09. The van der Waals surface area contributed by atoms with Crippen LogP contribution in [-0.4, -0.2) is 32.7 Å². The van der Waals surface area contributed by atoms with Crippen molar-refractivity contribution in [1.29, 1.82) is 0 Å². The standard InChI is InChI=1S/C15H22N2O2S2/c1-2-12-14(21-8-7-20-12)15-16-13(19-17-15)9-10-5-3-4-6-11(10)18/h10,12,14H,2-9H2,1H3. The molecule has 0 spiro atoms. The molecule has 0 amide bonds.